The van der Waals surface area contributed by atoms with Gasteiger partial charge < -0.3 is 5.32 Å². The molecule has 1 aromatic rings. The van der Waals surface area contributed by atoms with Crippen LogP contribution in [0.4, 0.5) is 5.69 Å². The largest absolute Gasteiger partial charge is 0.385 e. The third kappa shape index (κ3) is 1.96. The quantitative estimate of drug-likeness (QED) is 0.773. The van der Waals surface area contributed by atoms with Gasteiger partial charge in [0.05, 0.1) is 4.90 Å². The Morgan fingerprint density at radius 2 is 2.13 bits per heavy atom. The van der Waals surface area contributed by atoms with Crippen LogP contribution in [0.5, 0.6) is 0 Å². The molecule has 1 N–H and O–H groups in total. The molecule has 0 bridgehead atoms. The molecule has 0 aromatic heterocycles. The average Bonchev–Trinajstić information content (AvgIpc) is 2.17. The lowest BCUT2D eigenvalue weighted by Gasteiger charge is -2.21. The van der Waals surface area contributed by atoms with E-state index >= 15 is 0 Å². The third-order valence-electron chi connectivity index (χ3n) is 2.65. The first-order valence-electron chi connectivity index (χ1n) is 4.81. The number of fused-ring (bicyclic) bond motifs is 1. The summed E-state index contributed by atoms with van der Waals surface area (Å²) in [6.07, 6.45) is 1.71. The van der Waals surface area contributed by atoms with Crippen LogP contribution in [0.15, 0.2) is 17.0 Å². The Balaban J connectivity index is 2.69. The van der Waals surface area contributed by atoms with Gasteiger partial charge in [-0.1, -0.05) is 6.07 Å². The van der Waals surface area contributed by atoms with Crippen LogP contribution in [0.25, 0.3) is 0 Å². The van der Waals surface area contributed by atoms with Crippen molar-refractivity contribution in [3.05, 3.63) is 23.3 Å². The maximum Gasteiger partial charge on any atom is 0.261 e. The maximum atomic E-state index is 11.4. The standard InChI is InChI=1S/C10H12ClNO2S/c1-7-4-5-9(15(11,13)14)8-3-2-6-12-10(7)8/h4-5,12H,2-3,6H2,1H3. The molecule has 0 atom stereocenters. The molecule has 0 unspecified atom stereocenters. The molecular weight excluding hydrogens is 234 g/mol. The van der Waals surface area contributed by atoms with Crippen LogP contribution in [0.1, 0.15) is 17.5 Å². The second-order valence-corrected chi connectivity index (χ2v) is 6.24. The summed E-state index contributed by atoms with van der Waals surface area (Å²) >= 11 is 0. The summed E-state index contributed by atoms with van der Waals surface area (Å²) in [5, 5.41) is 3.22. The van der Waals surface area contributed by atoms with Gasteiger partial charge in [-0.05, 0) is 37.0 Å². The molecule has 0 radical (unpaired) electrons. The fraction of sp³-hybridized carbons (Fsp3) is 0.400. The summed E-state index contributed by atoms with van der Waals surface area (Å²) in [6, 6.07) is 3.37. The van der Waals surface area contributed by atoms with Crippen molar-refractivity contribution in [3.63, 3.8) is 0 Å². The number of benzene rings is 1. The highest BCUT2D eigenvalue weighted by Crippen LogP contribution is 2.32. The van der Waals surface area contributed by atoms with Gasteiger partial charge in [-0.25, -0.2) is 8.42 Å². The zero-order valence-electron chi connectivity index (χ0n) is 8.38. The van der Waals surface area contributed by atoms with E-state index in [9.17, 15) is 8.42 Å². The summed E-state index contributed by atoms with van der Waals surface area (Å²) in [7, 11) is 1.76. The highest BCUT2D eigenvalue weighted by Gasteiger charge is 2.21. The first-order chi connectivity index (χ1) is 7.00. The number of aryl methyl sites for hydroxylation is 1. The molecule has 0 aliphatic carbocycles. The van der Waals surface area contributed by atoms with Gasteiger partial charge in [0.2, 0.25) is 0 Å². The van der Waals surface area contributed by atoms with Gasteiger partial charge in [0.1, 0.15) is 0 Å². The van der Waals surface area contributed by atoms with E-state index in [4.69, 9.17) is 10.7 Å². The van der Waals surface area contributed by atoms with Crippen LogP contribution >= 0.6 is 10.7 Å². The molecule has 15 heavy (non-hydrogen) atoms. The minimum atomic E-state index is -3.63. The van der Waals surface area contributed by atoms with Crippen molar-refractivity contribution in [2.45, 2.75) is 24.7 Å². The summed E-state index contributed by atoms with van der Waals surface area (Å²) in [6.45, 7) is 2.85. The van der Waals surface area contributed by atoms with Crippen molar-refractivity contribution >= 4 is 25.4 Å². The fourth-order valence-electron chi connectivity index (χ4n) is 1.95. The average molecular weight is 246 g/mol. The zero-order valence-corrected chi connectivity index (χ0v) is 9.95. The Bertz CT molecular complexity index is 496. The summed E-state index contributed by atoms with van der Waals surface area (Å²) < 4.78 is 22.7. The van der Waals surface area contributed by atoms with E-state index < -0.39 is 9.05 Å². The molecule has 82 valence electrons. The Labute approximate surface area is 93.9 Å². The molecule has 2 rings (SSSR count). The van der Waals surface area contributed by atoms with Crippen molar-refractivity contribution in [1.82, 2.24) is 0 Å². The van der Waals surface area contributed by atoms with Crippen molar-refractivity contribution < 1.29 is 8.42 Å². The van der Waals surface area contributed by atoms with Gasteiger partial charge in [-0.2, -0.15) is 0 Å². The van der Waals surface area contributed by atoms with Crippen molar-refractivity contribution in [2.75, 3.05) is 11.9 Å². The Kier molecular flexibility index (Phi) is 2.64. The smallest absolute Gasteiger partial charge is 0.261 e. The predicted molar refractivity (Wildman–Crippen MR) is 61.0 cm³/mol. The second-order valence-electron chi connectivity index (χ2n) is 3.70. The van der Waals surface area contributed by atoms with E-state index in [0.717, 1.165) is 36.2 Å². The molecule has 1 aliphatic rings. The lowest BCUT2D eigenvalue weighted by Crippen LogP contribution is -2.15. The summed E-state index contributed by atoms with van der Waals surface area (Å²) in [5.74, 6) is 0. The molecule has 1 aromatic carbocycles. The highest BCUT2D eigenvalue weighted by molar-refractivity contribution is 8.13. The van der Waals surface area contributed by atoms with Crippen LogP contribution in [0, 0.1) is 6.92 Å². The van der Waals surface area contributed by atoms with Gasteiger partial charge in [-0.15, -0.1) is 0 Å². The number of halogens is 1. The van der Waals surface area contributed by atoms with Gasteiger partial charge in [0.25, 0.3) is 9.05 Å². The molecule has 0 amide bonds. The molecule has 3 nitrogen and oxygen atoms in total. The number of hydrogen-bond donors (Lipinski definition) is 1. The first-order valence-corrected chi connectivity index (χ1v) is 7.12. The second kappa shape index (κ2) is 3.68. The Hall–Kier alpha value is -0.740. The fourth-order valence-corrected chi connectivity index (χ4v) is 3.11. The van der Waals surface area contributed by atoms with E-state index in [-0.39, 0.29) is 4.90 Å². The van der Waals surface area contributed by atoms with Gasteiger partial charge >= 0.3 is 0 Å². The van der Waals surface area contributed by atoms with Crippen molar-refractivity contribution in [2.24, 2.45) is 0 Å². The van der Waals surface area contributed by atoms with Gasteiger partial charge in [0, 0.05) is 22.9 Å². The van der Waals surface area contributed by atoms with E-state index in [1.807, 2.05) is 6.92 Å². The minimum Gasteiger partial charge on any atom is -0.385 e. The SMILES string of the molecule is Cc1ccc(S(=O)(=O)Cl)c2c1NCCC2. The van der Waals surface area contributed by atoms with E-state index in [0.29, 0.717) is 0 Å². The summed E-state index contributed by atoms with van der Waals surface area (Å²) in [5.41, 5.74) is 2.83. The molecule has 0 spiro atoms. The predicted octanol–water partition coefficient (Wildman–Crippen LogP) is 2.28. The Morgan fingerprint density at radius 1 is 1.40 bits per heavy atom. The molecule has 0 saturated carbocycles. The molecule has 0 fully saturated rings. The van der Waals surface area contributed by atoms with Crippen LogP contribution in [0.3, 0.4) is 0 Å². The van der Waals surface area contributed by atoms with Crippen LogP contribution in [-0.2, 0) is 15.5 Å². The third-order valence-corrected chi connectivity index (χ3v) is 4.05. The summed E-state index contributed by atoms with van der Waals surface area (Å²) in [4.78, 5) is 0.247. The molecule has 5 heteroatoms. The van der Waals surface area contributed by atoms with Gasteiger partial charge in [0.15, 0.2) is 0 Å². The topological polar surface area (TPSA) is 46.2 Å². The van der Waals surface area contributed by atoms with Crippen LogP contribution < -0.4 is 5.32 Å². The number of anilines is 1. The highest BCUT2D eigenvalue weighted by atomic mass is 35.7. The molecule has 1 aliphatic heterocycles. The maximum absolute atomic E-state index is 11.4. The monoisotopic (exact) mass is 245 g/mol. The number of hydrogen-bond acceptors (Lipinski definition) is 3. The zero-order chi connectivity index (χ0) is 11.1. The van der Waals surface area contributed by atoms with E-state index in [2.05, 4.69) is 5.32 Å². The first kappa shape index (κ1) is 10.8. The van der Waals surface area contributed by atoms with Crippen LogP contribution in [-0.4, -0.2) is 15.0 Å². The van der Waals surface area contributed by atoms with Gasteiger partial charge in [-0.3, -0.25) is 0 Å². The van der Waals surface area contributed by atoms with E-state index in [1.165, 1.54) is 0 Å². The lowest BCUT2D eigenvalue weighted by molar-refractivity contribution is 0.608. The normalized spacial score (nSPS) is 15.6. The molecule has 1 heterocycles. The van der Waals surface area contributed by atoms with Crippen molar-refractivity contribution in [1.29, 1.82) is 0 Å². The Morgan fingerprint density at radius 3 is 2.80 bits per heavy atom. The van der Waals surface area contributed by atoms with Crippen molar-refractivity contribution in [3.8, 4) is 0 Å². The minimum absolute atomic E-state index is 0.247. The number of nitrogens with one attached hydrogen (secondary N) is 1. The lowest BCUT2D eigenvalue weighted by atomic mass is 10.0. The number of rotatable bonds is 1. The molecule has 0 saturated heterocycles. The van der Waals surface area contributed by atoms with E-state index in [1.54, 1.807) is 12.1 Å². The molecular formula is C10H12ClNO2S. The van der Waals surface area contributed by atoms with Crippen LogP contribution in [0.2, 0.25) is 0 Å².